The van der Waals surface area contributed by atoms with Crippen molar-refractivity contribution < 1.29 is 18.3 Å². The summed E-state index contributed by atoms with van der Waals surface area (Å²) in [4.78, 5) is 0. The summed E-state index contributed by atoms with van der Waals surface area (Å²) in [5, 5.41) is 15.4. The van der Waals surface area contributed by atoms with E-state index in [0.29, 0.717) is 0 Å². The van der Waals surface area contributed by atoms with Gasteiger partial charge in [-0.1, -0.05) is 17.7 Å². The Labute approximate surface area is 82.4 Å². The Bertz CT molecular complexity index is 375. The van der Waals surface area contributed by atoms with Crippen molar-refractivity contribution in [3.05, 3.63) is 29.3 Å². The van der Waals surface area contributed by atoms with Gasteiger partial charge in [-0.15, -0.1) is 0 Å². The maximum absolute atomic E-state index is 12.2. The molecule has 0 amide bonds. The van der Waals surface area contributed by atoms with E-state index in [-0.39, 0.29) is 5.56 Å². The predicted molar refractivity (Wildman–Crippen MR) is 45.8 cm³/mol. The number of hydrogen-bond acceptors (Lipinski definition) is 2. The van der Waals surface area contributed by atoms with Gasteiger partial charge in [-0.25, -0.2) is 0 Å². The molecule has 14 heavy (non-hydrogen) atoms. The summed E-state index contributed by atoms with van der Waals surface area (Å²) >= 11 is 5.19. The maximum atomic E-state index is 12.2. The number of hydrogen-bond donors (Lipinski definition) is 2. The van der Waals surface area contributed by atoms with E-state index in [4.69, 9.17) is 22.1 Å². The lowest BCUT2D eigenvalue weighted by Gasteiger charge is -2.10. The highest BCUT2D eigenvalue weighted by molar-refractivity contribution is 6.69. The highest BCUT2D eigenvalue weighted by Gasteiger charge is 2.34. The minimum absolute atomic E-state index is 0.332. The number of aromatic hydroxyl groups is 1. The molecule has 0 radical (unpaired) electrons. The molecule has 0 heterocycles. The first-order valence-corrected chi connectivity index (χ1v) is 3.85. The Hall–Kier alpha value is -1.23. The molecule has 0 aliphatic carbocycles. The lowest BCUT2D eigenvalue weighted by molar-refractivity contribution is -0.138. The number of rotatable bonds is 1. The van der Waals surface area contributed by atoms with E-state index in [1.807, 2.05) is 0 Å². The van der Waals surface area contributed by atoms with Crippen LogP contribution in [0.1, 0.15) is 11.1 Å². The zero-order valence-electron chi connectivity index (χ0n) is 6.69. The van der Waals surface area contributed by atoms with Gasteiger partial charge < -0.3 is 5.11 Å². The first-order chi connectivity index (χ1) is 6.34. The third kappa shape index (κ3) is 1.98. The van der Waals surface area contributed by atoms with Gasteiger partial charge in [0.2, 0.25) is 0 Å². The van der Waals surface area contributed by atoms with Gasteiger partial charge in [0, 0.05) is 0 Å². The molecule has 0 spiro atoms. The van der Waals surface area contributed by atoms with Crippen LogP contribution in [0.3, 0.4) is 0 Å². The second-order valence-corrected chi connectivity index (χ2v) is 2.89. The molecule has 6 heteroatoms. The third-order valence-corrected chi connectivity index (χ3v) is 1.78. The molecule has 0 aromatic heterocycles. The minimum Gasteiger partial charge on any atom is -0.507 e. The first-order valence-electron chi connectivity index (χ1n) is 3.47. The fourth-order valence-corrected chi connectivity index (χ4v) is 1.10. The van der Waals surface area contributed by atoms with Gasteiger partial charge in [0.25, 0.3) is 0 Å². The first kappa shape index (κ1) is 10.8. The Morgan fingerprint density at radius 3 is 2.36 bits per heavy atom. The van der Waals surface area contributed by atoms with Crippen LogP contribution in [0.15, 0.2) is 18.2 Å². The van der Waals surface area contributed by atoms with Gasteiger partial charge >= 0.3 is 6.18 Å². The number of nitrogens with one attached hydrogen (secondary N) is 1. The normalized spacial score (nSPS) is 11.4. The lowest BCUT2D eigenvalue weighted by atomic mass is 10.1. The topological polar surface area (TPSA) is 44.1 Å². The number of phenols is 1. The Morgan fingerprint density at radius 1 is 1.36 bits per heavy atom. The van der Waals surface area contributed by atoms with Crippen molar-refractivity contribution in [3.8, 4) is 5.75 Å². The summed E-state index contributed by atoms with van der Waals surface area (Å²) in [5.74, 6) is -1.01. The zero-order chi connectivity index (χ0) is 10.9. The second-order valence-electron chi connectivity index (χ2n) is 2.51. The van der Waals surface area contributed by atoms with Crippen molar-refractivity contribution in [1.29, 1.82) is 5.41 Å². The monoisotopic (exact) mass is 223 g/mol. The van der Waals surface area contributed by atoms with Crippen molar-refractivity contribution in [2.75, 3.05) is 0 Å². The summed E-state index contributed by atoms with van der Waals surface area (Å²) in [7, 11) is 0. The van der Waals surface area contributed by atoms with Gasteiger partial charge in [0.05, 0.1) is 11.1 Å². The summed E-state index contributed by atoms with van der Waals surface area (Å²) in [5.41, 5.74) is -1.53. The quantitative estimate of drug-likeness (QED) is 0.707. The second kappa shape index (κ2) is 3.49. The summed E-state index contributed by atoms with van der Waals surface area (Å²) in [6, 6.07) is 2.94. The van der Waals surface area contributed by atoms with Gasteiger partial charge in [-0.05, 0) is 12.1 Å². The number of para-hydroxylation sites is 1. The molecule has 0 fully saturated rings. The number of alkyl halides is 3. The fraction of sp³-hybridized carbons (Fsp3) is 0.125. The van der Waals surface area contributed by atoms with Crippen molar-refractivity contribution in [2.24, 2.45) is 0 Å². The lowest BCUT2D eigenvalue weighted by Crippen LogP contribution is -2.07. The smallest absolute Gasteiger partial charge is 0.419 e. The van der Waals surface area contributed by atoms with Crippen molar-refractivity contribution in [1.82, 2.24) is 0 Å². The average molecular weight is 224 g/mol. The molecule has 0 bridgehead atoms. The van der Waals surface area contributed by atoms with Crippen LogP contribution < -0.4 is 0 Å². The van der Waals surface area contributed by atoms with E-state index in [2.05, 4.69) is 0 Å². The summed E-state index contributed by atoms with van der Waals surface area (Å²) in [6.07, 6.45) is -4.65. The average Bonchev–Trinajstić information content (AvgIpc) is 2.01. The molecular weight excluding hydrogens is 219 g/mol. The molecule has 1 rings (SSSR count). The molecule has 0 aliphatic heterocycles. The van der Waals surface area contributed by atoms with Crippen molar-refractivity contribution >= 4 is 16.8 Å². The zero-order valence-corrected chi connectivity index (χ0v) is 7.45. The van der Waals surface area contributed by atoms with Crippen LogP contribution in [-0.2, 0) is 6.18 Å². The summed E-state index contributed by atoms with van der Waals surface area (Å²) < 4.78 is 36.7. The number of phenolic OH excluding ortho intramolecular Hbond substituents is 1. The number of benzene rings is 1. The van der Waals surface area contributed by atoms with Crippen LogP contribution in [0.5, 0.6) is 5.75 Å². The molecule has 76 valence electrons. The minimum atomic E-state index is -4.65. The van der Waals surface area contributed by atoms with Gasteiger partial charge in [0.1, 0.15) is 10.9 Å². The maximum Gasteiger partial charge on any atom is 0.419 e. The molecule has 2 N–H and O–H groups in total. The van der Waals surface area contributed by atoms with Crippen molar-refractivity contribution in [3.63, 3.8) is 0 Å². The van der Waals surface area contributed by atoms with E-state index in [1.165, 1.54) is 0 Å². The van der Waals surface area contributed by atoms with Gasteiger partial charge in [-0.2, -0.15) is 13.2 Å². The molecule has 1 aromatic carbocycles. The van der Waals surface area contributed by atoms with Crippen LogP contribution in [-0.4, -0.2) is 10.3 Å². The Balaban J connectivity index is 3.35. The Morgan fingerprint density at radius 2 is 1.93 bits per heavy atom. The molecule has 0 saturated carbocycles. The summed E-state index contributed by atoms with van der Waals surface area (Å²) in [6.45, 7) is 0. The fourth-order valence-electron chi connectivity index (χ4n) is 0.949. The van der Waals surface area contributed by atoms with Crippen molar-refractivity contribution in [2.45, 2.75) is 6.18 Å². The molecule has 0 atom stereocenters. The highest BCUT2D eigenvalue weighted by atomic mass is 35.5. The van der Waals surface area contributed by atoms with E-state index in [1.54, 1.807) is 0 Å². The van der Waals surface area contributed by atoms with Crippen LogP contribution in [0.2, 0.25) is 0 Å². The highest BCUT2D eigenvalue weighted by Crippen LogP contribution is 2.37. The van der Waals surface area contributed by atoms with E-state index >= 15 is 0 Å². The van der Waals surface area contributed by atoms with Crippen LogP contribution >= 0.6 is 11.6 Å². The molecule has 0 unspecified atom stereocenters. The third-order valence-electron chi connectivity index (χ3n) is 1.58. The molecular formula is C8H5ClF3NO. The van der Waals surface area contributed by atoms with Gasteiger partial charge in [-0.3, -0.25) is 5.41 Å². The van der Waals surface area contributed by atoms with Gasteiger partial charge in [0.15, 0.2) is 0 Å². The van der Waals surface area contributed by atoms with Crippen LogP contribution in [0.25, 0.3) is 0 Å². The number of halogens is 4. The Kier molecular flexibility index (Phi) is 2.71. The molecule has 1 aromatic rings. The molecule has 0 saturated heterocycles. The molecule has 2 nitrogen and oxygen atoms in total. The largest absolute Gasteiger partial charge is 0.507 e. The molecule has 0 aliphatic rings. The van der Waals surface area contributed by atoms with Crippen LogP contribution in [0.4, 0.5) is 13.2 Å². The van der Waals surface area contributed by atoms with Crippen LogP contribution in [0, 0.1) is 5.41 Å². The van der Waals surface area contributed by atoms with E-state index in [9.17, 15) is 13.2 Å². The van der Waals surface area contributed by atoms with E-state index in [0.717, 1.165) is 18.2 Å². The standard InChI is InChI=1S/C8H5ClF3NO/c9-7(13)4-2-1-3-5(6(4)14)8(10,11)12/h1-3,13-14H. The van der Waals surface area contributed by atoms with E-state index < -0.39 is 22.7 Å². The SMILES string of the molecule is N=C(Cl)c1cccc(C(F)(F)F)c1O. The predicted octanol–water partition coefficient (Wildman–Crippen LogP) is 2.98.